The maximum atomic E-state index is 12.6. The van der Waals surface area contributed by atoms with Gasteiger partial charge in [0.15, 0.2) is 0 Å². The van der Waals surface area contributed by atoms with Gasteiger partial charge in [0.2, 0.25) is 0 Å². The van der Waals surface area contributed by atoms with Gasteiger partial charge >= 0.3 is 0 Å². The summed E-state index contributed by atoms with van der Waals surface area (Å²) >= 11 is 0. The summed E-state index contributed by atoms with van der Waals surface area (Å²) in [4.78, 5) is 12.6. The highest BCUT2D eigenvalue weighted by Gasteiger charge is 2.17. The number of nitrogens with one attached hydrogen (secondary N) is 1. The number of ether oxygens (including phenoxy) is 3. The van der Waals surface area contributed by atoms with Crippen LogP contribution in [0.1, 0.15) is 43.0 Å². The van der Waals surface area contributed by atoms with Gasteiger partial charge in [0, 0.05) is 12.2 Å². The molecule has 0 radical (unpaired) electrons. The fraction of sp³-hybridized carbons (Fsp3) is 0.409. The molecule has 3 rings (SSSR count). The second-order valence-corrected chi connectivity index (χ2v) is 6.62. The van der Waals surface area contributed by atoms with Crippen LogP contribution in [0.5, 0.6) is 11.5 Å². The number of para-hydroxylation sites is 2. The summed E-state index contributed by atoms with van der Waals surface area (Å²) in [7, 11) is 0. The Hall–Kier alpha value is -2.53. The molecule has 27 heavy (non-hydrogen) atoms. The number of benzene rings is 2. The van der Waals surface area contributed by atoms with Gasteiger partial charge in [-0.3, -0.25) is 4.79 Å². The summed E-state index contributed by atoms with van der Waals surface area (Å²) in [6.45, 7) is 4.11. The zero-order valence-electron chi connectivity index (χ0n) is 15.8. The van der Waals surface area contributed by atoms with Crippen LogP contribution in [0.2, 0.25) is 0 Å². The molecule has 1 fully saturated rings. The lowest BCUT2D eigenvalue weighted by Gasteiger charge is -2.15. The molecule has 5 nitrogen and oxygen atoms in total. The van der Waals surface area contributed by atoms with E-state index in [4.69, 9.17) is 14.2 Å². The Morgan fingerprint density at radius 1 is 1.15 bits per heavy atom. The topological polar surface area (TPSA) is 56.8 Å². The van der Waals surface area contributed by atoms with Crippen LogP contribution < -0.4 is 14.8 Å². The quantitative estimate of drug-likeness (QED) is 0.652. The molecule has 5 heteroatoms. The van der Waals surface area contributed by atoms with E-state index in [2.05, 4.69) is 12.2 Å². The fourth-order valence-electron chi connectivity index (χ4n) is 2.89. The van der Waals surface area contributed by atoms with E-state index < -0.39 is 0 Å². The van der Waals surface area contributed by atoms with Gasteiger partial charge in [-0.25, -0.2) is 0 Å². The van der Waals surface area contributed by atoms with Gasteiger partial charge in [-0.2, -0.15) is 0 Å². The molecule has 1 atom stereocenters. The van der Waals surface area contributed by atoms with Crippen LogP contribution in [0, 0.1) is 0 Å². The van der Waals surface area contributed by atoms with Crippen molar-refractivity contribution in [2.24, 2.45) is 0 Å². The Morgan fingerprint density at radius 2 is 1.96 bits per heavy atom. The highest BCUT2D eigenvalue weighted by molar-refractivity contribution is 6.05. The Kier molecular flexibility index (Phi) is 7.11. The number of amides is 1. The predicted octanol–water partition coefficient (Wildman–Crippen LogP) is 4.68. The van der Waals surface area contributed by atoms with Crippen LogP contribution in [0.3, 0.4) is 0 Å². The van der Waals surface area contributed by atoms with Gasteiger partial charge in [-0.15, -0.1) is 0 Å². The number of rotatable bonds is 9. The van der Waals surface area contributed by atoms with Crippen molar-refractivity contribution in [2.75, 3.05) is 25.1 Å². The van der Waals surface area contributed by atoms with Crippen LogP contribution >= 0.6 is 0 Å². The van der Waals surface area contributed by atoms with E-state index in [1.165, 1.54) is 0 Å². The average molecular weight is 369 g/mol. The van der Waals surface area contributed by atoms with E-state index in [1.807, 2.05) is 36.4 Å². The Labute approximate surface area is 160 Å². The van der Waals surface area contributed by atoms with Crippen LogP contribution in [-0.4, -0.2) is 31.8 Å². The van der Waals surface area contributed by atoms with Gasteiger partial charge in [0.1, 0.15) is 18.1 Å². The van der Waals surface area contributed by atoms with E-state index in [9.17, 15) is 4.79 Å². The van der Waals surface area contributed by atoms with Gasteiger partial charge < -0.3 is 19.5 Å². The molecule has 0 aromatic heterocycles. The molecule has 1 saturated heterocycles. The van der Waals surface area contributed by atoms with E-state index in [0.29, 0.717) is 30.2 Å². The molecule has 144 valence electrons. The van der Waals surface area contributed by atoms with Gasteiger partial charge in [-0.1, -0.05) is 25.5 Å². The SMILES string of the molecule is CCCCOc1ccc(C(=O)Nc2ccccc2OCC2CCCO2)cc1. The monoisotopic (exact) mass is 369 g/mol. The van der Waals surface area contributed by atoms with Gasteiger partial charge in [0.25, 0.3) is 5.91 Å². The Bertz CT molecular complexity index is 723. The molecular weight excluding hydrogens is 342 g/mol. The normalized spacial score (nSPS) is 16.1. The zero-order chi connectivity index (χ0) is 18.9. The van der Waals surface area contributed by atoms with Crippen LogP contribution in [-0.2, 0) is 4.74 Å². The highest BCUT2D eigenvalue weighted by atomic mass is 16.5. The summed E-state index contributed by atoms with van der Waals surface area (Å²) in [6.07, 6.45) is 4.33. The third kappa shape index (κ3) is 5.73. The van der Waals surface area contributed by atoms with Crippen LogP contribution in [0.15, 0.2) is 48.5 Å². The molecule has 1 amide bonds. The van der Waals surface area contributed by atoms with Crippen molar-refractivity contribution >= 4 is 11.6 Å². The molecule has 1 heterocycles. The zero-order valence-corrected chi connectivity index (χ0v) is 15.8. The maximum Gasteiger partial charge on any atom is 0.255 e. The molecule has 0 spiro atoms. The molecule has 1 unspecified atom stereocenters. The van der Waals surface area contributed by atoms with Crippen molar-refractivity contribution in [3.63, 3.8) is 0 Å². The molecule has 1 N–H and O–H groups in total. The van der Waals surface area contributed by atoms with E-state index in [1.54, 1.807) is 12.1 Å². The lowest BCUT2D eigenvalue weighted by Crippen LogP contribution is -2.18. The van der Waals surface area contributed by atoms with Crippen molar-refractivity contribution in [3.8, 4) is 11.5 Å². The van der Waals surface area contributed by atoms with Crippen LogP contribution in [0.4, 0.5) is 5.69 Å². The fourth-order valence-corrected chi connectivity index (χ4v) is 2.89. The van der Waals surface area contributed by atoms with E-state index in [0.717, 1.165) is 38.0 Å². The number of hydrogen-bond acceptors (Lipinski definition) is 4. The summed E-state index contributed by atoms with van der Waals surface area (Å²) < 4.78 is 17.1. The summed E-state index contributed by atoms with van der Waals surface area (Å²) in [5.41, 5.74) is 1.23. The third-order valence-electron chi connectivity index (χ3n) is 4.47. The number of unbranched alkanes of at least 4 members (excludes halogenated alkanes) is 1. The van der Waals surface area contributed by atoms with Crippen LogP contribution in [0.25, 0.3) is 0 Å². The van der Waals surface area contributed by atoms with Crippen molar-refractivity contribution < 1.29 is 19.0 Å². The molecule has 0 saturated carbocycles. The maximum absolute atomic E-state index is 12.6. The first-order valence-electron chi connectivity index (χ1n) is 9.64. The number of hydrogen-bond donors (Lipinski definition) is 1. The standard InChI is InChI=1S/C22H27NO4/c1-2-3-14-25-18-12-10-17(11-13-18)22(24)23-20-8-4-5-9-21(20)27-16-19-7-6-15-26-19/h4-5,8-13,19H,2-3,6-7,14-16H2,1H3,(H,23,24). The first-order chi connectivity index (χ1) is 13.3. The molecule has 1 aliphatic heterocycles. The summed E-state index contributed by atoms with van der Waals surface area (Å²) in [5.74, 6) is 1.25. The van der Waals surface area contributed by atoms with Crippen molar-refractivity contribution in [3.05, 3.63) is 54.1 Å². The third-order valence-corrected chi connectivity index (χ3v) is 4.47. The van der Waals surface area contributed by atoms with E-state index in [-0.39, 0.29) is 12.0 Å². The number of carbonyl (C=O) groups is 1. The van der Waals surface area contributed by atoms with Crippen molar-refractivity contribution in [1.82, 2.24) is 0 Å². The first kappa shape index (κ1) is 19.2. The van der Waals surface area contributed by atoms with Gasteiger partial charge in [-0.05, 0) is 55.7 Å². The lowest BCUT2D eigenvalue weighted by molar-refractivity contribution is 0.0682. The first-order valence-corrected chi connectivity index (χ1v) is 9.64. The Balaban J connectivity index is 1.58. The summed E-state index contributed by atoms with van der Waals surface area (Å²) in [6, 6.07) is 14.6. The minimum atomic E-state index is -0.178. The molecule has 1 aliphatic rings. The van der Waals surface area contributed by atoms with Crippen molar-refractivity contribution in [2.45, 2.75) is 38.7 Å². The largest absolute Gasteiger partial charge is 0.494 e. The smallest absolute Gasteiger partial charge is 0.255 e. The molecular formula is C22H27NO4. The highest BCUT2D eigenvalue weighted by Crippen LogP contribution is 2.26. The lowest BCUT2D eigenvalue weighted by atomic mass is 10.2. The molecule has 2 aromatic rings. The average Bonchev–Trinajstić information content (AvgIpc) is 3.22. The summed E-state index contributed by atoms with van der Waals surface area (Å²) in [5, 5.41) is 2.93. The predicted molar refractivity (Wildman–Crippen MR) is 106 cm³/mol. The molecule has 2 aromatic carbocycles. The number of carbonyl (C=O) groups excluding carboxylic acids is 1. The van der Waals surface area contributed by atoms with Gasteiger partial charge in [0.05, 0.1) is 18.4 Å². The molecule has 0 bridgehead atoms. The second kappa shape index (κ2) is 9.97. The molecule has 0 aliphatic carbocycles. The second-order valence-electron chi connectivity index (χ2n) is 6.62. The number of anilines is 1. The Morgan fingerprint density at radius 3 is 2.70 bits per heavy atom. The van der Waals surface area contributed by atoms with E-state index >= 15 is 0 Å². The van der Waals surface area contributed by atoms with Crippen molar-refractivity contribution in [1.29, 1.82) is 0 Å². The minimum absolute atomic E-state index is 0.133. The minimum Gasteiger partial charge on any atom is -0.494 e.